The van der Waals surface area contributed by atoms with Gasteiger partial charge >= 0.3 is 0 Å². The van der Waals surface area contributed by atoms with Gasteiger partial charge in [0.1, 0.15) is 11.8 Å². The number of aryl methyl sites for hydroxylation is 1. The Hall–Kier alpha value is -3.31. The van der Waals surface area contributed by atoms with Gasteiger partial charge in [-0.3, -0.25) is 9.59 Å². The fraction of sp³-hybridized carbons (Fsp3) is 0.286. The van der Waals surface area contributed by atoms with Crippen molar-refractivity contribution in [1.82, 2.24) is 10.2 Å². The Balaban J connectivity index is 1.89. The summed E-state index contributed by atoms with van der Waals surface area (Å²) < 4.78 is 5.85. The summed E-state index contributed by atoms with van der Waals surface area (Å²) in [7, 11) is 0. The molecule has 3 aromatic carbocycles. The molecule has 0 unspecified atom stereocenters. The average Bonchev–Trinajstić information content (AvgIpc) is 2.85. The van der Waals surface area contributed by atoms with Crippen molar-refractivity contribution in [2.45, 2.75) is 39.3 Å². The van der Waals surface area contributed by atoms with Crippen molar-refractivity contribution in [3.8, 4) is 5.75 Å². The van der Waals surface area contributed by atoms with Crippen LogP contribution < -0.4 is 10.1 Å². The first-order valence-corrected chi connectivity index (χ1v) is 11.9. The number of hydrogen-bond acceptors (Lipinski definition) is 3. The van der Waals surface area contributed by atoms with Gasteiger partial charge in [0, 0.05) is 24.5 Å². The summed E-state index contributed by atoms with van der Waals surface area (Å²) in [5, 5.41) is 3.59. The van der Waals surface area contributed by atoms with Crippen LogP contribution in [0.2, 0.25) is 5.02 Å². The number of carbonyl (C=O) groups is 2. The van der Waals surface area contributed by atoms with Crippen LogP contribution in [0.5, 0.6) is 5.75 Å². The highest BCUT2D eigenvalue weighted by Crippen LogP contribution is 2.19. The highest BCUT2D eigenvalue weighted by atomic mass is 35.5. The summed E-state index contributed by atoms with van der Waals surface area (Å²) in [5.74, 6) is 0.215. The maximum atomic E-state index is 13.5. The summed E-state index contributed by atoms with van der Waals surface area (Å²) in [5.41, 5.74) is 2.81. The maximum absolute atomic E-state index is 13.5. The molecule has 0 fully saturated rings. The minimum Gasteiger partial charge on any atom is -0.484 e. The highest BCUT2D eigenvalue weighted by Gasteiger charge is 2.30. The van der Waals surface area contributed by atoms with E-state index in [4.69, 9.17) is 16.3 Å². The van der Waals surface area contributed by atoms with E-state index in [2.05, 4.69) is 5.32 Å². The fourth-order valence-electron chi connectivity index (χ4n) is 3.65. The van der Waals surface area contributed by atoms with Gasteiger partial charge in [-0.15, -0.1) is 0 Å². The molecule has 1 atom stereocenters. The van der Waals surface area contributed by atoms with E-state index >= 15 is 0 Å². The molecule has 2 amide bonds. The Morgan fingerprint density at radius 2 is 1.62 bits per heavy atom. The lowest BCUT2D eigenvalue weighted by molar-refractivity contribution is -0.142. The minimum atomic E-state index is -0.683. The van der Waals surface area contributed by atoms with Gasteiger partial charge in [0.15, 0.2) is 6.61 Å². The molecule has 0 aliphatic carbocycles. The molecule has 0 bridgehead atoms. The van der Waals surface area contributed by atoms with Crippen LogP contribution in [-0.4, -0.2) is 35.9 Å². The number of nitrogens with zero attached hydrogens (tertiary/aromatic N) is 1. The minimum absolute atomic E-state index is 0.162. The Kier molecular flexibility index (Phi) is 9.53. The van der Waals surface area contributed by atoms with Crippen molar-refractivity contribution in [3.05, 3.63) is 101 Å². The van der Waals surface area contributed by atoms with E-state index in [1.54, 1.807) is 17.0 Å². The van der Waals surface area contributed by atoms with Gasteiger partial charge in [-0.1, -0.05) is 79.2 Å². The lowest BCUT2D eigenvalue weighted by Gasteiger charge is -2.31. The lowest BCUT2D eigenvalue weighted by Crippen LogP contribution is -2.51. The lowest BCUT2D eigenvalue weighted by atomic mass is 10.0. The predicted molar refractivity (Wildman–Crippen MR) is 136 cm³/mol. The molecule has 0 saturated heterocycles. The average molecular weight is 479 g/mol. The number of ether oxygens (including phenoxy) is 1. The number of halogens is 1. The summed E-state index contributed by atoms with van der Waals surface area (Å²) in [6, 6.07) is 23.9. The molecule has 5 nitrogen and oxygen atoms in total. The maximum Gasteiger partial charge on any atom is 0.261 e. The van der Waals surface area contributed by atoms with Crippen LogP contribution in [0.3, 0.4) is 0 Å². The molecule has 3 aromatic rings. The first-order valence-electron chi connectivity index (χ1n) is 11.5. The third kappa shape index (κ3) is 7.35. The zero-order valence-electron chi connectivity index (χ0n) is 19.7. The van der Waals surface area contributed by atoms with Crippen LogP contribution in [0.25, 0.3) is 0 Å². The number of benzene rings is 3. The monoisotopic (exact) mass is 478 g/mol. The number of para-hydroxylation sites is 1. The molecule has 6 heteroatoms. The van der Waals surface area contributed by atoms with E-state index in [-0.39, 0.29) is 25.0 Å². The van der Waals surface area contributed by atoms with E-state index in [9.17, 15) is 9.59 Å². The van der Waals surface area contributed by atoms with Gasteiger partial charge in [0.05, 0.1) is 0 Å². The Morgan fingerprint density at radius 1 is 0.941 bits per heavy atom. The molecule has 0 spiro atoms. The van der Waals surface area contributed by atoms with E-state index < -0.39 is 6.04 Å². The molecule has 1 N–H and O–H groups in total. The molecular formula is C28H31ClN2O3. The van der Waals surface area contributed by atoms with E-state index in [1.807, 2.05) is 80.6 Å². The molecule has 178 valence electrons. The van der Waals surface area contributed by atoms with Crippen molar-refractivity contribution < 1.29 is 14.3 Å². The number of amides is 2. The smallest absolute Gasteiger partial charge is 0.261 e. The topological polar surface area (TPSA) is 58.6 Å². The first-order chi connectivity index (χ1) is 16.5. The van der Waals surface area contributed by atoms with Crippen LogP contribution in [0, 0.1) is 6.92 Å². The summed E-state index contributed by atoms with van der Waals surface area (Å²) >= 11 is 6.06. The van der Waals surface area contributed by atoms with Gasteiger partial charge < -0.3 is 15.0 Å². The second kappa shape index (κ2) is 12.8. The zero-order chi connectivity index (χ0) is 24.3. The van der Waals surface area contributed by atoms with Crippen molar-refractivity contribution >= 4 is 23.4 Å². The normalized spacial score (nSPS) is 11.5. The van der Waals surface area contributed by atoms with E-state index in [1.165, 1.54) is 0 Å². The van der Waals surface area contributed by atoms with Gasteiger partial charge in [0.2, 0.25) is 5.91 Å². The van der Waals surface area contributed by atoms with Crippen LogP contribution >= 0.6 is 11.6 Å². The standard InChI is InChI=1S/C28H31ClN2O3/c1-3-17-30-28(33)25(18-22-10-5-4-6-11-22)31(19-23-13-15-24(29)16-14-23)27(32)20-34-26-12-8-7-9-21(26)2/h4-16,25H,3,17-20H2,1-2H3,(H,30,33)/t25-/m1/s1. The fourth-order valence-corrected chi connectivity index (χ4v) is 3.77. The Bertz CT molecular complexity index is 1070. The van der Waals surface area contributed by atoms with Crippen LogP contribution in [0.15, 0.2) is 78.9 Å². The molecular weight excluding hydrogens is 448 g/mol. The van der Waals surface area contributed by atoms with Gasteiger partial charge in [-0.25, -0.2) is 0 Å². The Labute approximate surface area is 206 Å². The van der Waals surface area contributed by atoms with Gasteiger partial charge in [-0.05, 0) is 48.2 Å². The summed E-state index contributed by atoms with van der Waals surface area (Å²) in [6.45, 7) is 4.59. The first kappa shape index (κ1) is 25.3. The molecule has 0 saturated carbocycles. The molecule has 0 aliphatic rings. The molecule has 3 rings (SSSR count). The third-order valence-electron chi connectivity index (χ3n) is 5.53. The van der Waals surface area contributed by atoms with Crippen molar-refractivity contribution in [1.29, 1.82) is 0 Å². The largest absolute Gasteiger partial charge is 0.484 e. The SMILES string of the molecule is CCCNC(=O)[C@@H](Cc1ccccc1)N(Cc1ccc(Cl)cc1)C(=O)COc1ccccc1C. The second-order valence-electron chi connectivity index (χ2n) is 8.20. The third-order valence-corrected chi connectivity index (χ3v) is 5.78. The highest BCUT2D eigenvalue weighted by molar-refractivity contribution is 6.30. The van der Waals surface area contributed by atoms with Crippen LogP contribution in [0.4, 0.5) is 0 Å². The number of carbonyl (C=O) groups excluding carboxylic acids is 2. The van der Waals surface area contributed by atoms with Crippen LogP contribution in [0.1, 0.15) is 30.0 Å². The van der Waals surface area contributed by atoms with E-state index in [0.717, 1.165) is 23.1 Å². The predicted octanol–water partition coefficient (Wildman–Crippen LogP) is 5.19. The van der Waals surface area contributed by atoms with Crippen LogP contribution in [-0.2, 0) is 22.6 Å². The van der Waals surface area contributed by atoms with Crippen molar-refractivity contribution in [2.24, 2.45) is 0 Å². The molecule has 0 aromatic heterocycles. The Morgan fingerprint density at radius 3 is 2.29 bits per heavy atom. The number of nitrogens with one attached hydrogen (secondary N) is 1. The van der Waals surface area contributed by atoms with E-state index in [0.29, 0.717) is 23.7 Å². The second-order valence-corrected chi connectivity index (χ2v) is 8.64. The molecule has 0 radical (unpaired) electrons. The molecule has 0 aliphatic heterocycles. The van der Waals surface area contributed by atoms with Gasteiger partial charge in [-0.2, -0.15) is 0 Å². The summed E-state index contributed by atoms with van der Waals surface area (Å²) in [6.07, 6.45) is 1.21. The zero-order valence-corrected chi connectivity index (χ0v) is 20.4. The quantitative estimate of drug-likeness (QED) is 0.412. The molecule has 0 heterocycles. The number of hydrogen-bond donors (Lipinski definition) is 1. The number of rotatable bonds is 11. The van der Waals surface area contributed by atoms with Crippen molar-refractivity contribution in [3.63, 3.8) is 0 Å². The summed E-state index contributed by atoms with van der Waals surface area (Å²) in [4.78, 5) is 28.4. The van der Waals surface area contributed by atoms with Gasteiger partial charge in [0.25, 0.3) is 5.91 Å². The molecule has 34 heavy (non-hydrogen) atoms. The van der Waals surface area contributed by atoms with Crippen molar-refractivity contribution in [2.75, 3.05) is 13.2 Å².